The molecule has 0 radical (unpaired) electrons. The molecule has 3 N–H and O–H groups in total. The second-order valence-corrected chi connectivity index (χ2v) is 4.22. The maximum Gasteiger partial charge on any atom is 0.323 e. The van der Waals surface area contributed by atoms with E-state index in [1.54, 1.807) is 39.3 Å². The van der Waals surface area contributed by atoms with Crippen molar-refractivity contribution in [1.29, 1.82) is 0 Å². The average molecular weight is 251 g/mol. The fourth-order valence-corrected chi connectivity index (χ4v) is 1.55. The highest BCUT2D eigenvalue weighted by Gasteiger charge is 2.14. The number of hydrogen-bond donors (Lipinski definition) is 2. The molecule has 1 aromatic rings. The Bertz CT molecular complexity index is 472. The molecule has 1 amide bonds. The second-order valence-electron chi connectivity index (χ2n) is 4.22. The quantitative estimate of drug-likeness (QED) is 0.760. The number of nitrogen functional groups attached to an aromatic ring is 1. The summed E-state index contributed by atoms with van der Waals surface area (Å²) < 4.78 is 0. The summed E-state index contributed by atoms with van der Waals surface area (Å²) in [5.74, 6) is -1.11. The smallest absolute Gasteiger partial charge is 0.323 e. The van der Waals surface area contributed by atoms with Gasteiger partial charge in [0.1, 0.15) is 6.54 Å². The predicted molar refractivity (Wildman–Crippen MR) is 69.8 cm³/mol. The highest BCUT2D eigenvalue weighted by atomic mass is 16.4. The Kier molecular flexibility index (Phi) is 4.14. The molecule has 0 bridgehead atoms. The van der Waals surface area contributed by atoms with Crippen molar-refractivity contribution in [3.05, 3.63) is 23.8 Å². The van der Waals surface area contributed by atoms with Gasteiger partial charge in [-0.2, -0.15) is 0 Å². The zero-order chi connectivity index (χ0) is 13.9. The Labute approximate surface area is 106 Å². The van der Waals surface area contributed by atoms with Crippen LogP contribution in [0.4, 0.5) is 11.4 Å². The van der Waals surface area contributed by atoms with E-state index >= 15 is 0 Å². The van der Waals surface area contributed by atoms with Crippen LogP contribution in [0.2, 0.25) is 0 Å². The summed E-state index contributed by atoms with van der Waals surface area (Å²) in [4.78, 5) is 25.4. The number of nitrogens with zero attached hydrogens (tertiary/aromatic N) is 2. The van der Waals surface area contributed by atoms with Crippen LogP contribution in [-0.2, 0) is 4.79 Å². The van der Waals surface area contributed by atoms with Gasteiger partial charge in [-0.15, -0.1) is 0 Å². The average Bonchev–Trinajstić information content (AvgIpc) is 2.27. The number of carboxylic acids is 1. The van der Waals surface area contributed by atoms with Crippen molar-refractivity contribution in [1.82, 2.24) is 4.90 Å². The molecule has 0 aliphatic carbocycles. The molecule has 0 fully saturated rings. The molecule has 0 saturated heterocycles. The van der Waals surface area contributed by atoms with E-state index in [2.05, 4.69) is 0 Å². The molecule has 0 saturated carbocycles. The molecular weight excluding hydrogens is 234 g/mol. The summed E-state index contributed by atoms with van der Waals surface area (Å²) in [7, 11) is 4.92. The molecule has 98 valence electrons. The van der Waals surface area contributed by atoms with Crippen LogP contribution in [0, 0.1) is 0 Å². The lowest BCUT2D eigenvalue weighted by atomic mass is 10.1. The molecule has 6 heteroatoms. The van der Waals surface area contributed by atoms with Gasteiger partial charge in [-0.1, -0.05) is 0 Å². The lowest BCUT2D eigenvalue weighted by molar-refractivity contribution is -0.135. The summed E-state index contributed by atoms with van der Waals surface area (Å²) in [6.07, 6.45) is 0. The van der Waals surface area contributed by atoms with E-state index in [0.717, 1.165) is 0 Å². The number of amides is 1. The molecule has 0 aliphatic rings. The topological polar surface area (TPSA) is 86.9 Å². The maximum atomic E-state index is 11.8. The number of aliphatic carboxylic acids is 1. The van der Waals surface area contributed by atoms with Crippen molar-refractivity contribution in [2.45, 2.75) is 0 Å². The van der Waals surface area contributed by atoms with Crippen molar-refractivity contribution in [2.24, 2.45) is 0 Å². The van der Waals surface area contributed by atoms with E-state index < -0.39 is 5.97 Å². The monoisotopic (exact) mass is 251 g/mol. The molecule has 1 aromatic carbocycles. The first-order valence-electron chi connectivity index (χ1n) is 5.37. The number of nitrogens with two attached hydrogens (primary N) is 1. The SMILES string of the molecule is CN(C)C(=O)c1ccc(N)c(N(C)CC(=O)O)c1. The van der Waals surface area contributed by atoms with Crippen molar-refractivity contribution < 1.29 is 14.7 Å². The standard InChI is InChI=1S/C12H17N3O3/c1-14(2)12(18)8-4-5-9(13)10(6-8)15(3)7-11(16)17/h4-6H,7,13H2,1-3H3,(H,16,17). The van der Waals surface area contributed by atoms with Crippen LogP contribution in [0.25, 0.3) is 0 Å². The zero-order valence-corrected chi connectivity index (χ0v) is 10.7. The van der Waals surface area contributed by atoms with Gasteiger partial charge in [0.2, 0.25) is 0 Å². The largest absolute Gasteiger partial charge is 0.480 e. The van der Waals surface area contributed by atoms with Crippen LogP contribution >= 0.6 is 0 Å². The van der Waals surface area contributed by atoms with Crippen LogP contribution < -0.4 is 10.6 Å². The first-order chi connectivity index (χ1) is 8.32. The number of benzene rings is 1. The Hall–Kier alpha value is -2.24. The molecule has 0 aliphatic heterocycles. The highest BCUT2D eigenvalue weighted by Crippen LogP contribution is 2.23. The van der Waals surface area contributed by atoms with E-state index in [-0.39, 0.29) is 12.5 Å². The Morgan fingerprint density at radius 3 is 2.39 bits per heavy atom. The van der Waals surface area contributed by atoms with Crippen molar-refractivity contribution in [3.63, 3.8) is 0 Å². The van der Waals surface area contributed by atoms with Crippen LogP contribution in [0.1, 0.15) is 10.4 Å². The van der Waals surface area contributed by atoms with Crippen LogP contribution in [0.3, 0.4) is 0 Å². The minimum Gasteiger partial charge on any atom is -0.480 e. The molecule has 0 heterocycles. The number of carbonyl (C=O) groups excluding carboxylic acids is 1. The summed E-state index contributed by atoms with van der Waals surface area (Å²) in [6.45, 7) is -0.177. The molecule has 18 heavy (non-hydrogen) atoms. The van der Waals surface area contributed by atoms with Gasteiger partial charge in [0.15, 0.2) is 0 Å². The lowest BCUT2D eigenvalue weighted by Crippen LogP contribution is -2.27. The number of rotatable bonds is 4. The normalized spacial score (nSPS) is 9.94. The Morgan fingerprint density at radius 1 is 1.28 bits per heavy atom. The number of anilines is 2. The molecule has 6 nitrogen and oxygen atoms in total. The van der Waals surface area contributed by atoms with Gasteiger partial charge in [0, 0.05) is 26.7 Å². The number of carboxylic acid groups (broad SMARTS) is 1. The molecule has 0 unspecified atom stereocenters. The summed E-state index contributed by atoms with van der Waals surface area (Å²) in [5.41, 5.74) is 7.23. The van der Waals surface area contributed by atoms with Gasteiger partial charge in [0.05, 0.1) is 11.4 Å². The van der Waals surface area contributed by atoms with Gasteiger partial charge in [-0.05, 0) is 18.2 Å². The lowest BCUT2D eigenvalue weighted by Gasteiger charge is -2.20. The molecule has 0 aromatic heterocycles. The van der Waals surface area contributed by atoms with Crippen molar-refractivity contribution in [2.75, 3.05) is 38.3 Å². The van der Waals surface area contributed by atoms with Gasteiger partial charge < -0.3 is 20.6 Å². The third-order valence-electron chi connectivity index (χ3n) is 2.47. The number of carbonyl (C=O) groups is 2. The first-order valence-corrected chi connectivity index (χ1v) is 5.37. The van der Waals surface area contributed by atoms with E-state index in [9.17, 15) is 9.59 Å². The minimum absolute atomic E-state index is 0.153. The Morgan fingerprint density at radius 2 is 1.89 bits per heavy atom. The molecular formula is C12H17N3O3. The van der Waals surface area contributed by atoms with Crippen LogP contribution in [0.15, 0.2) is 18.2 Å². The van der Waals surface area contributed by atoms with Gasteiger partial charge in [-0.25, -0.2) is 0 Å². The minimum atomic E-state index is -0.957. The molecule has 0 spiro atoms. The van der Waals surface area contributed by atoms with Gasteiger partial charge in [0.25, 0.3) is 5.91 Å². The van der Waals surface area contributed by atoms with E-state index in [1.807, 2.05) is 0 Å². The van der Waals surface area contributed by atoms with Gasteiger partial charge in [-0.3, -0.25) is 9.59 Å². The summed E-state index contributed by atoms with van der Waals surface area (Å²) >= 11 is 0. The van der Waals surface area contributed by atoms with Crippen LogP contribution in [-0.4, -0.2) is 49.6 Å². The fourth-order valence-electron chi connectivity index (χ4n) is 1.55. The third kappa shape index (κ3) is 3.13. The molecule has 1 rings (SSSR count). The summed E-state index contributed by atoms with van der Waals surface area (Å²) in [6, 6.07) is 4.82. The van der Waals surface area contributed by atoms with E-state index in [4.69, 9.17) is 10.8 Å². The third-order valence-corrected chi connectivity index (χ3v) is 2.47. The zero-order valence-electron chi connectivity index (χ0n) is 10.7. The summed E-state index contributed by atoms with van der Waals surface area (Å²) in [5, 5.41) is 8.75. The molecule has 0 atom stereocenters. The maximum absolute atomic E-state index is 11.8. The second kappa shape index (κ2) is 5.39. The Balaban J connectivity index is 3.08. The highest BCUT2D eigenvalue weighted by molar-refractivity contribution is 5.96. The van der Waals surface area contributed by atoms with Crippen LogP contribution in [0.5, 0.6) is 0 Å². The number of likely N-dealkylation sites (N-methyl/N-ethyl adjacent to an activating group) is 1. The van der Waals surface area contributed by atoms with E-state index in [1.165, 1.54) is 9.80 Å². The van der Waals surface area contributed by atoms with Crippen molar-refractivity contribution >= 4 is 23.3 Å². The van der Waals surface area contributed by atoms with Gasteiger partial charge >= 0.3 is 5.97 Å². The fraction of sp³-hybridized carbons (Fsp3) is 0.333. The van der Waals surface area contributed by atoms with Crippen molar-refractivity contribution in [3.8, 4) is 0 Å². The first kappa shape index (κ1) is 13.8. The number of hydrogen-bond acceptors (Lipinski definition) is 4. The predicted octanol–water partition coefficient (Wildman–Crippen LogP) is 0.491. The van der Waals surface area contributed by atoms with E-state index in [0.29, 0.717) is 16.9 Å².